The molecule has 3 fully saturated rings. The van der Waals surface area contributed by atoms with Crippen molar-refractivity contribution >= 4 is 5.91 Å². The van der Waals surface area contributed by atoms with E-state index in [0.29, 0.717) is 11.9 Å². The van der Waals surface area contributed by atoms with E-state index < -0.39 is 0 Å². The van der Waals surface area contributed by atoms with Crippen LogP contribution in [0.15, 0.2) is 18.6 Å². The number of piperidine rings is 1. The van der Waals surface area contributed by atoms with Crippen LogP contribution in [-0.4, -0.2) is 71.1 Å². The Balaban J connectivity index is 1.40. The van der Waals surface area contributed by atoms with E-state index >= 15 is 0 Å². The fourth-order valence-corrected chi connectivity index (χ4v) is 4.89. The molecule has 4 heterocycles. The zero-order chi connectivity index (χ0) is 17.3. The highest BCUT2D eigenvalue weighted by molar-refractivity contribution is 5.85. The molecule has 0 N–H and O–H groups in total. The van der Waals surface area contributed by atoms with Crippen LogP contribution in [0.3, 0.4) is 0 Å². The minimum atomic E-state index is -0.150. The summed E-state index contributed by atoms with van der Waals surface area (Å²) in [5, 5.41) is 0. The molecule has 25 heavy (non-hydrogen) atoms. The molecule has 3 saturated heterocycles. The summed E-state index contributed by atoms with van der Waals surface area (Å²) < 4.78 is 5.49. The van der Waals surface area contributed by atoms with Crippen LogP contribution in [0.4, 0.5) is 0 Å². The Morgan fingerprint density at radius 1 is 1.24 bits per heavy atom. The van der Waals surface area contributed by atoms with Gasteiger partial charge in [-0.2, -0.15) is 0 Å². The molecule has 136 valence electrons. The second-order valence-corrected chi connectivity index (χ2v) is 7.83. The molecule has 1 atom stereocenters. The number of rotatable bonds is 3. The SMILES string of the molecule is CN1C(=O)C2(CCN(C3CCOCC3)CC2)C[C@@H]1Cc1cnccn1. The number of likely N-dealkylation sites (N-methyl/N-ethyl adjacent to an activating group) is 1. The Bertz CT molecular complexity index is 595. The first-order valence-corrected chi connectivity index (χ1v) is 9.52. The average Bonchev–Trinajstić information content (AvgIpc) is 2.89. The van der Waals surface area contributed by atoms with Gasteiger partial charge in [0.25, 0.3) is 0 Å². The van der Waals surface area contributed by atoms with Gasteiger partial charge in [-0.3, -0.25) is 14.8 Å². The van der Waals surface area contributed by atoms with E-state index in [0.717, 1.165) is 70.5 Å². The Morgan fingerprint density at radius 2 is 2.00 bits per heavy atom. The van der Waals surface area contributed by atoms with E-state index in [-0.39, 0.29) is 11.5 Å². The number of ether oxygens (including phenoxy) is 1. The molecule has 0 aliphatic carbocycles. The van der Waals surface area contributed by atoms with Crippen molar-refractivity contribution in [2.24, 2.45) is 5.41 Å². The Kier molecular flexibility index (Phi) is 4.73. The second-order valence-electron chi connectivity index (χ2n) is 7.83. The molecule has 1 spiro atoms. The summed E-state index contributed by atoms with van der Waals surface area (Å²) in [6, 6.07) is 0.898. The molecule has 3 aliphatic rings. The van der Waals surface area contributed by atoms with Crippen LogP contribution in [0, 0.1) is 5.41 Å². The van der Waals surface area contributed by atoms with Crippen molar-refractivity contribution in [3.05, 3.63) is 24.3 Å². The zero-order valence-electron chi connectivity index (χ0n) is 15.1. The topological polar surface area (TPSA) is 58.6 Å². The van der Waals surface area contributed by atoms with E-state index in [2.05, 4.69) is 14.9 Å². The van der Waals surface area contributed by atoms with Crippen LogP contribution in [0.5, 0.6) is 0 Å². The standard InChI is InChI=1S/C19H28N4O2/c1-22-17(12-15-14-20-6-7-21-15)13-19(18(22)24)4-8-23(9-5-19)16-2-10-25-11-3-16/h6-7,14,16-17H,2-5,8-13H2,1H3/t17-/m0/s1. The van der Waals surface area contributed by atoms with E-state index in [1.54, 1.807) is 12.4 Å². The number of hydrogen-bond donors (Lipinski definition) is 0. The summed E-state index contributed by atoms with van der Waals surface area (Å²) in [6.07, 6.45) is 11.3. The predicted octanol–water partition coefficient (Wildman–Crippen LogP) is 1.51. The third-order valence-electron chi connectivity index (χ3n) is 6.47. The van der Waals surface area contributed by atoms with Gasteiger partial charge in [-0.1, -0.05) is 0 Å². The quantitative estimate of drug-likeness (QED) is 0.832. The van der Waals surface area contributed by atoms with Crippen LogP contribution < -0.4 is 0 Å². The summed E-state index contributed by atoms with van der Waals surface area (Å²) in [5.74, 6) is 0.341. The predicted molar refractivity (Wildman–Crippen MR) is 94.0 cm³/mol. The summed E-state index contributed by atoms with van der Waals surface area (Å²) in [5.41, 5.74) is 0.826. The van der Waals surface area contributed by atoms with E-state index in [4.69, 9.17) is 4.74 Å². The number of nitrogens with zero attached hydrogens (tertiary/aromatic N) is 4. The first-order valence-electron chi connectivity index (χ1n) is 9.52. The maximum absolute atomic E-state index is 13.0. The monoisotopic (exact) mass is 344 g/mol. The summed E-state index contributed by atoms with van der Waals surface area (Å²) >= 11 is 0. The average molecular weight is 344 g/mol. The van der Waals surface area contributed by atoms with E-state index in [1.807, 2.05) is 18.1 Å². The summed E-state index contributed by atoms with van der Waals surface area (Å²) in [4.78, 5) is 26.1. The lowest BCUT2D eigenvalue weighted by atomic mass is 9.75. The fraction of sp³-hybridized carbons (Fsp3) is 0.737. The van der Waals surface area contributed by atoms with Crippen molar-refractivity contribution in [1.29, 1.82) is 0 Å². The second kappa shape index (κ2) is 7.00. The van der Waals surface area contributed by atoms with Crippen LogP contribution in [-0.2, 0) is 16.0 Å². The minimum absolute atomic E-state index is 0.150. The van der Waals surface area contributed by atoms with Gasteiger partial charge in [0, 0.05) is 57.4 Å². The molecular formula is C19H28N4O2. The van der Waals surface area contributed by atoms with Gasteiger partial charge in [0.1, 0.15) is 0 Å². The maximum Gasteiger partial charge on any atom is 0.228 e. The number of amides is 1. The number of likely N-dealkylation sites (tertiary alicyclic amines) is 2. The Hall–Kier alpha value is -1.53. The van der Waals surface area contributed by atoms with E-state index in [1.165, 1.54) is 0 Å². The molecule has 0 saturated carbocycles. The molecule has 0 aromatic carbocycles. The van der Waals surface area contributed by atoms with Gasteiger partial charge in [-0.15, -0.1) is 0 Å². The van der Waals surface area contributed by atoms with Gasteiger partial charge in [0.2, 0.25) is 5.91 Å². The number of aromatic nitrogens is 2. The van der Waals surface area contributed by atoms with Gasteiger partial charge in [0.05, 0.1) is 11.1 Å². The van der Waals surface area contributed by atoms with Crippen molar-refractivity contribution in [2.75, 3.05) is 33.4 Å². The Morgan fingerprint density at radius 3 is 2.68 bits per heavy atom. The van der Waals surface area contributed by atoms with Crippen LogP contribution in [0.25, 0.3) is 0 Å². The summed E-state index contributed by atoms with van der Waals surface area (Å²) in [6.45, 7) is 3.85. The van der Waals surface area contributed by atoms with Gasteiger partial charge < -0.3 is 14.5 Å². The molecule has 6 heteroatoms. The van der Waals surface area contributed by atoms with Crippen LogP contribution >= 0.6 is 0 Å². The van der Waals surface area contributed by atoms with Crippen molar-refractivity contribution in [3.63, 3.8) is 0 Å². The molecule has 0 unspecified atom stereocenters. The largest absolute Gasteiger partial charge is 0.381 e. The number of carbonyl (C=O) groups excluding carboxylic acids is 1. The van der Waals surface area contributed by atoms with Crippen molar-refractivity contribution in [3.8, 4) is 0 Å². The van der Waals surface area contributed by atoms with Gasteiger partial charge in [0.15, 0.2) is 0 Å². The van der Waals surface area contributed by atoms with Crippen LogP contribution in [0.1, 0.15) is 37.8 Å². The van der Waals surface area contributed by atoms with Crippen LogP contribution in [0.2, 0.25) is 0 Å². The molecule has 1 amide bonds. The summed E-state index contributed by atoms with van der Waals surface area (Å²) in [7, 11) is 1.96. The highest BCUT2D eigenvalue weighted by atomic mass is 16.5. The van der Waals surface area contributed by atoms with Crippen molar-refractivity contribution in [1.82, 2.24) is 19.8 Å². The molecule has 6 nitrogen and oxygen atoms in total. The van der Waals surface area contributed by atoms with Gasteiger partial charge in [-0.05, 0) is 45.2 Å². The highest BCUT2D eigenvalue weighted by Crippen LogP contribution is 2.45. The molecule has 1 aromatic heterocycles. The fourth-order valence-electron chi connectivity index (χ4n) is 4.89. The number of carbonyl (C=O) groups is 1. The first-order chi connectivity index (χ1) is 12.2. The normalized spacial score (nSPS) is 28.0. The molecular weight excluding hydrogens is 316 g/mol. The molecule has 4 rings (SSSR count). The Labute approximate surface area is 149 Å². The molecule has 1 aromatic rings. The highest BCUT2D eigenvalue weighted by Gasteiger charge is 2.51. The smallest absolute Gasteiger partial charge is 0.228 e. The molecule has 0 bridgehead atoms. The number of hydrogen-bond acceptors (Lipinski definition) is 5. The lowest BCUT2D eigenvalue weighted by Gasteiger charge is -2.42. The maximum atomic E-state index is 13.0. The minimum Gasteiger partial charge on any atom is -0.381 e. The van der Waals surface area contributed by atoms with Gasteiger partial charge in [-0.25, -0.2) is 0 Å². The van der Waals surface area contributed by atoms with Crippen molar-refractivity contribution < 1.29 is 9.53 Å². The zero-order valence-corrected chi connectivity index (χ0v) is 15.1. The third kappa shape index (κ3) is 3.29. The molecule has 0 radical (unpaired) electrons. The first kappa shape index (κ1) is 16.9. The van der Waals surface area contributed by atoms with Crippen molar-refractivity contribution in [2.45, 2.75) is 50.6 Å². The lowest BCUT2D eigenvalue weighted by molar-refractivity contribution is -0.138. The van der Waals surface area contributed by atoms with E-state index in [9.17, 15) is 4.79 Å². The molecule has 3 aliphatic heterocycles. The third-order valence-corrected chi connectivity index (χ3v) is 6.47. The lowest BCUT2D eigenvalue weighted by Crippen LogP contribution is -2.49. The van der Waals surface area contributed by atoms with Gasteiger partial charge >= 0.3 is 0 Å².